The van der Waals surface area contributed by atoms with Crippen LogP contribution in [0.1, 0.15) is 40.0 Å². The van der Waals surface area contributed by atoms with Gasteiger partial charge in [-0.2, -0.15) is 0 Å². The molecule has 0 radical (unpaired) electrons. The van der Waals surface area contributed by atoms with Gasteiger partial charge < -0.3 is 4.74 Å². The van der Waals surface area contributed by atoms with E-state index in [1.165, 1.54) is 0 Å². The summed E-state index contributed by atoms with van der Waals surface area (Å²) in [4.78, 5) is 11.2. The van der Waals surface area contributed by atoms with Crippen LogP contribution in [-0.2, 0) is 9.53 Å². The second-order valence-corrected chi connectivity index (χ2v) is 2.57. The topological polar surface area (TPSA) is 26.3 Å². The summed E-state index contributed by atoms with van der Waals surface area (Å²) < 4.78 is 5.26. The summed E-state index contributed by atoms with van der Waals surface area (Å²) in [5.41, 5.74) is 0. The molecule has 0 spiro atoms. The highest BCUT2D eigenvalue weighted by molar-refractivity contribution is 5.82. The molecule has 0 aliphatic carbocycles. The molecule has 0 heterocycles. The molecular weight excluding hydrogens is 140 g/mol. The molecule has 2 nitrogen and oxygen atoms in total. The minimum Gasteiger partial charge on any atom is -0.371 e. The van der Waals surface area contributed by atoms with Crippen molar-refractivity contribution < 1.29 is 9.53 Å². The first-order valence-electron chi connectivity index (χ1n) is 4.40. The maximum absolute atomic E-state index is 11.2. The van der Waals surface area contributed by atoms with E-state index in [1.807, 2.05) is 20.8 Å². The summed E-state index contributed by atoms with van der Waals surface area (Å²) in [5.74, 6) is 0.247. The van der Waals surface area contributed by atoms with E-state index in [9.17, 15) is 4.79 Å². The summed E-state index contributed by atoms with van der Waals surface area (Å²) in [6.07, 6.45) is 2.22. The van der Waals surface area contributed by atoms with Crippen molar-refractivity contribution in [3.05, 3.63) is 0 Å². The highest BCUT2D eigenvalue weighted by atomic mass is 16.5. The first kappa shape index (κ1) is 10.6. The molecule has 0 aliphatic heterocycles. The number of ether oxygens (including phenoxy) is 1. The Balaban J connectivity index is 3.71. The van der Waals surface area contributed by atoms with E-state index in [-0.39, 0.29) is 11.9 Å². The van der Waals surface area contributed by atoms with Crippen molar-refractivity contribution in [3.8, 4) is 0 Å². The lowest BCUT2D eigenvalue weighted by Crippen LogP contribution is -2.23. The second-order valence-electron chi connectivity index (χ2n) is 2.57. The fourth-order valence-electron chi connectivity index (χ4n) is 1.05. The molecule has 0 aromatic heterocycles. The van der Waals surface area contributed by atoms with Crippen LogP contribution in [-0.4, -0.2) is 18.5 Å². The molecule has 11 heavy (non-hydrogen) atoms. The molecule has 1 unspecified atom stereocenters. The first-order chi connectivity index (χ1) is 5.26. The molecule has 0 N–H and O–H groups in total. The SMILES string of the molecule is CCCC(=O)C(CC)OCC. The minimum atomic E-state index is -0.153. The molecule has 1 atom stereocenters. The number of rotatable bonds is 6. The van der Waals surface area contributed by atoms with Crippen molar-refractivity contribution in [3.63, 3.8) is 0 Å². The van der Waals surface area contributed by atoms with E-state index in [0.29, 0.717) is 13.0 Å². The van der Waals surface area contributed by atoms with Crippen molar-refractivity contribution in [2.24, 2.45) is 0 Å². The van der Waals surface area contributed by atoms with E-state index in [4.69, 9.17) is 4.74 Å². The van der Waals surface area contributed by atoms with Gasteiger partial charge in [-0.15, -0.1) is 0 Å². The number of carbonyl (C=O) groups is 1. The van der Waals surface area contributed by atoms with Crippen LogP contribution in [0, 0.1) is 0 Å². The molecule has 0 bridgehead atoms. The summed E-state index contributed by atoms with van der Waals surface area (Å²) >= 11 is 0. The van der Waals surface area contributed by atoms with Gasteiger partial charge in [-0.3, -0.25) is 4.79 Å². The molecule has 0 fully saturated rings. The average molecular weight is 158 g/mol. The molecule has 0 rings (SSSR count). The monoisotopic (exact) mass is 158 g/mol. The third kappa shape index (κ3) is 4.14. The molecule has 66 valence electrons. The lowest BCUT2D eigenvalue weighted by Gasteiger charge is -2.12. The number of carbonyl (C=O) groups excluding carboxylic acids is 1. The van der Waals surface area contributed by atoms with Crippen LogP contribution >= 0.6 is 0 Å². The Morgan fingerprint density at radius 3 is 2.36 bits per heavy atom. The van der Waals surface area contributed by atoms with Crippen LogP contribution < -0.4 is 0 Å². The Morgan fingerprint density at radius 1 is 1.36 bits per heavy atom. The van der Waals surface area contributed by atoms with Crippen molar-refractivity contribution in [2.45, 2.75) is 46.1 Å². The van der Waals surface area contributed by atoms with Crippen LogP contribution in [0.25, 0.3) is 0 Å². The zero-order valence-corrected chi connectivity index (χ0v) is 7.72. The third-order valence-corrected chi connectivity index (χ3v) is 1.59. The van der Waals surface area contributed by atoms with Gasteiger partial charge >= 0.3 is 0 Å². The molecule has 0 saturated carbocycles. The largest absolute Gasteiger partial charge is 0.371 e. The maximum atomic E-state index is 11.2. The summed E-state index contributed by atoms with van der Waals surface area (Å²) in [7, 11) is 0. The Kier molecular flexibility index (Phi) is 6.13. The standard InChI is InChI=1S/C9H18O2/c1-4-7-8(10)9(5-2)11-6-3/h9H,4-7H2,1-3H3. The van der Waals surface area contributed by atoms with Gasteiger partial charge in [0.2, 0.25) is 0 Å². The van der Waals surface area contributed by atoms with Crippen LogP contribution in [0.5, 0.6) is 0 Å². The molecule has 0 aromatic carbocycles. The summed E-state index contributed by atoms with van der Waals surface area (Å²) in [6, 6.07) is 0. The van der Waals surface area contributed by atoms with Crippen molar-refractivity contribution >= 4 is 5.78 Å². The Bertz CT molecular complexity index is 110. The van der Waals surface area contributed by atoms with Gasteiger partial charge in [0, 0.05) is 13.0 Å². The van der Waals surface area contributed by atoms with Gasteiger partial charge in [0.25, 0.3) is 0 Å². The Hall–Kier alpha value is -0.370. The second kappa shape index (κ2) is 6.35. The van der Waals surface area contributed by atoms with Crippen LogP contribution in [0.15, 0.2) is 0 Å². The minimum absolute atomic E-state index is 0.153. The number of Topliss-reactive ketones (excluding diaryl/α,β-unsaturated/α-hetero) is 1. The smallest absolute Gasteiger partial charge is 0.161 e. The van der Waals surface area contributed by atoms with Crippen LogP contribution in [0.4, 0.5) is 0 Å². The summed E-state index contributed by atoms with van der Waals surface area (Å²) in [6.45, 7) is 6.54. The number of hydrogen-bond acceptors (Lipinski definition) is 2. The molecule has 0 amide bonds. The van der Waals surface area contributed by atoms with E-state index >= 15 is 0 Å². The zero-order chi connectivity index (χ0) is 8.69. The fourth-order valence-corrected chi connectivity index (χ4v) is 1.05. The molecule has 0 aliphatic rings. The van der Waals surface area contributed by atoms with E-state index in [0.717, 1.165) is 12.8 Å². The number of ketones is 1. The Morgan fingerprint density at radius 2 is 2.00 bits per heavy atom. The zero-order valence-electron chi connectivity index (χ0n) is 7.72. The highest BCUT2D eigenvalue weighted by Crippen LogP contribution is 2.03. The predicted molar refractivity (Wildman–Crippen MR) is 45.6 cm³/mol. The van der Waals surface area contributed by atoms with Gasteiger partial charge in [-0.1, -0.05) is 13.8 Å². The lowest BCUT2D eigenvalue weighted by molar-refractivity contribution is -0.130. The van der Waals surface area contributed by atoms with Crippen LogP contribution in [0.2, 0.25) is 0 Å². The summed E-state index contributed by atoms with van der Waals surface area (Å²) in [5, 5.41) is 0. The maximum Gasteiger partial charge on any atom is 0.161 e. The van der Waals surface area contributed by atoms with Crippen molar-refractivity contribution in [2.75, 3.05) is 6.61 Å². The van der Waals surface area contributed by atoms with Gasteiger partial charge in [0.1, 0.15) is 6.10 Å². The van der Waals surface area contributed by atoms with Crippen molar-refractivity contribution in [1.29, 1.82) is 0 Å². The lowest BCUT2D eigenvalue weighted by atomic mass is 10.1. The predicted octanol–water partition coefficient (Wildman–Crippen LogP) is 2.17. The van der Waals surface area contributed by atoms with E-state index < -0.39 is 0 Å². The molecular formula is C9H18O2. The number of hydrogen-bond donors (Lipinski definition) is 0. The fraction of sp³-hybridized carbons (Fsp3) is 0.889. The third-order valence-electron chi connectivity index (χ3n) is 1.59. The molecule has 0 saturated heterocycles. The quantitative estimate of drug-likeness (QED) is 0.592. The van der Waals surface area contributed by atoms with Crippen molar-refractivity contribution in [1.82, 2.24) is 0 Å². The van der Waals surface area contributed by atoms with Gasteiger partial charge in [0.05, 0.1) is 0 Å². The van der Waals surface area contributed by atoms with Gasteiger partial charge in [-0.25, -0.2) is 0 Å². The van der Waals surface area contributed by atoms with E-state index in [1.54, 1.807) is 0 Å². The average Bonchev–Trinajstić information content (AvgIpc) is 2.00. The molecule has 0 aromatic rings. The van der Waals surface area contributed by atoms with E-state index in [2.05, 4.69) is 0 Å². The highest BCUT2D eigenvalue weighted by Gasteiger charge is 2.14. The van der Waals surface area contributed by atoms with Crippen LogP contribution in [0.3, 0.4) is 0 Å². The Labute approximate surface area is 68.9 Å². The normalized spacial score (nSPS) is 13.0. The van der Waals surface area contributed by atoms with Gasteiger partial charge in [-0.05, 0) is 19.8 Å². The first-order valence-corrected chi connectivity index (χ1v) is 4.40. The molecule has 2 heteroatoms. The van der Waals surface area contributed by atoms with Gasteiger partial charge in [0.15, 0.2) is 5.78 Å².